The molecule has 2 heteroatoms. The van der Waals surface area contributed by atoms with E-state index in [2.05, 4.69) is 37.1 Å². The van der Waals surface area contributed by atoms with Crippen molar-refractivity contribution in [3.05, 3.63) is 29.8 Å². The van der Waals surface area contributed by atoms with E-state index in [1.54, 1.807) is 0 Å². The molecule has 0 amide bonds. The molecular formula is C14H21NO. The molecule has 1 saturated heterocycles. The molecule has 0 spiro atoms. The van der Waals surface area contributed by atoms with E-state index >= 15 is 0 Å². The maximum Gasteiger partial charge on any atom is 0.119 e. The maximum absolute atomic E-state index is 5.85. The third kappa shape index (κ3) is 3.24. The molecule has 1 aliphatic heterocycles. The van der Waals surface area contributed by atoms with Crippen molar-refractivity contribution in [3.8, 4) is 5.75 Å². The molecule has 0 saturated carbocycles. The normalized spacial score (nSPS) is 22.0. The lowest BCUT2D eigenvalue weighted by Gasteiger charge is -2.29. The summed E-state index contributed by atoms with van der Waals surface area (Å²) in [6.45, 7) is 5.36. The van der Waals surface area contributed by atoms with E-state index < -0.39 is 0 Å². The molecule has 16 heavy (non-hydrogen) atoms. The Morgan fingerprint density at radius 3 is 3.06 bits per heavy atom. The summed E-state index contributed by atoms with van der Waals surface area (Å²) in [5.74, 6) is 1.70. The van der Waals surface area contributed by atoms with Gasteiger partial charge in [-0.05, 0) is 51.1 Å². The molecule has 1 aromatic carbocycles. The van der Waals surface area contributed by atoms with Gasteiger partial charge in [-0.25, -0.2) is 0 Å². The summed E-state index contributed by atoms with van der Waals surface area (Å²) in [6.07, 6.45) is 2.61. The van der Waals surface area contributed by atoms with Crippen molar-refractivity contribution in [1.29, 1.82) is 0 Å². The van der Waals surface area contributed by atoms with Gasteiger partial charge < -0.3 is 9.64 Å². The van der Waals surface area contributed by atoms with Crippen molar-refractivity contribution >= 4 is 0 Å². The highest BCUT2D eigenvalue weighted by Gasteiger charge is 2.17. The number of piperidine rings is 1. The molecule has 1 atom stereocenters. The Balaban J connectivity index is 1.82. The van der Waals surface area contributed by atoms with Gasteiger partial charge in [-0.2, -0.15) is 0 Å². The molecule has 0 N–H and O–H groups in total. The predicted molar refractivity (Wildman–Crippen MR) is 66.9 cm³/mol. The predicted octanol–water partition coefficient (Wildman–Crippen LogP) is 2.72. The molecule has 1 heterocycles. The second-order valence-electron chi connectivity index (χ2n) is 4.90. The second kappa shape index (κ2) is 5.35. The van der Waals surface area contributed by atoms with Gasteiger partial charge in [0.25, 0.3) is 0 Å². The van der Waals surface area contributed by atoms with Gasteiger partial charge in [-0.15, -0.1) is 0 Å². The zero-order valence-corrected chi connectivity index (χ0v) is 10.3. The first-order valence-corrected chi connectivity index (χ1v) is 6.12. The van der Waals surface area contributed by atoms with Crippen LogP contribution in [-0.4, -0.2) is 31.6 Å². The molecule has 1 aliphatic rings. The van der Waals surface area contributed by atoms with Crippen LogP contribution in [0.2, 0.25) is 0 Å². The molecule has 2 nitrogen and oxygen atoms in total. The van der Waals surface area contributed by atoms with Crippen LogP contribution in [-0.2, 0) is 0 Å². The van der Waals surface area contributed by atoms with Crippen LogP contribution in [0.25, 0.3) is 0 Å². The Bertz CT molecular complexity index is 337. The van der Waals surface area contributed by atoms with Gasteiger partial charge in [0.05, 0.1) is 6.61 Å². The van der Waals surface area contributed by atoms with E-state index in [-0.39, 0.29) is 0 Å². The zero-order valence-electron chi connectivity index (χ0n) is 10.3. The highest BCUT2D eigenvalue weighted by molar-refractivity contribution is 5.27. The van der Waals surface area contributed by atoms with Gasteiger partial charge in [0.2, 0.25) is 0 Å². The van der Waals surface area contributed by atoms with Crippen LogP contribution in [0, 0.1) is 12.8 Å². The highest BCUT2D eigenvalue weighted by atomic mass is 16.5. The fourth-order valence-electron chi connectivity index (χ4n) is 2.33. The average molecular weight is 219 g/mol. The van der Waals surface area contributed by atoms with Crippen molar-refractivity contribution in [2.45, 2.75) is 19.8 Å². The smallest absolute Gasteiger partial charge is 0.119 e. The topological polar surface area (TPSA) is 12.5 Å². The lowest BCUT2D eigenvalue weighted by molar-refractivity contribution is 0.150. The number of ether oxygens (including phenoxy) is 1. The molecule has 0 aliphatic carbocycles. The van der Waals surface area contributed by atoms with Crippen molar-refractivity contribution in [3.63, 3.8) is 0 Å². The molecule has 2 rings (SSSR count). The first-order chi connectivity index (χ1) is 7.74. The number of benzene rings is 1. The Labute approximate surface area is 98.2 Å². The van der Waals surface area contributed by atoms with Gasteiger partial charge in [0.15, 0.2) is 0 Å². The van der Waals surface area contributed by atoms with Crippen LogP contribution < -0.4 is 4.74 Å². The van der Waals surface area contributed by atoms with Crippen LogP contribution >= 0.6 is 0 Å². The number of rotatable bonds is 3. The third-order valence-electron chi connectivity index (χ3n) is 3.20. The number of hydrogen-bond acceptors (Lipinski definition) is 2. The molecule has 1 fully saturated rings. The van der Waals surface area contributed by atoms with E-state index in [9.17, 15) is 0 Å². The Hall–Kier alpha value is -1.02. The summed E-state index contributed by atoms with van der Waals surface area (Å²) in [5.41, 5.74) is 1.26. The van der Waals surface area contributed by atoms with E-state index in [0.717, 1.165) is 12.4 Å². The van der Waals surface area contributed by atoms with E-state index in [4.69, 9.17) is 4.74 Å². The van der Waals surface area contributed by atoms with Gasteiger partial charge in [-0.1, -0.05) is 12.1 Å². The summed E-state index contributed by atoms with van der Waals surface area (Å²) in [4.78, 5) is 2.40. The Kier molecular flexibility index (Phi) is 3.83. The molecule has 0 aromatic heterocycles. The number of nitrogens with zero attached hydrogens (tertiary/aromatic N) is 1. The van der Waals surface area contributed by atoms with Crippen LogP contribution in [0.4, 0.5) is 0 Å². The Morgan fingerprint density at radius 1 is 1.44 bits per heavy atom. The van der Waals surface area contributed by atoms with Gasteiger partial charge in [0.1, 0.15) is 5.75 Å². The van der Waals surface area contributed by atoms with E-state index in [1.165, 1.54) is 31.5 Å². The quantitative estimate of drug-likeness (QED) is 0.775. The largest absolute Gasteiger partial charge is 0.493 e. The maximum atomic E-state index is 5.85. The number of hydrogen-bond donors (Lipinski definition) is 0. The lowest BCUT2D eigenvalue weighted by atomic mass is 10.00. The molecule has 0 bridgehead atoms. The monoisotopic (exact) mass is 219 g/mol. The molecule has 1 aromatic rings. The standard InChI is InChI=1S/C14H21NO/c1-12-5-3-7-14(9-12)16-11-13-6-4-8-15(2)10-13/h3,5,7,9,13H,4,6,8,10-11H2,1-2H3. The highest BCUT2D eigenvalue weighted by Crippen LogP contribution is 2.18. The van der Waals surface area contributed by atoms with Crippen LogP contribution in [0.3, 0.4) is 0 Å². The number of likely N-dealkylation sites (tertiary alicyclic amines) is 1. The van der Waals surface area contributed by atoms with Crippen LogP contribution in [0.1, 0.15) is 18.4 Å². The average Bonchev–Trinajstić information content (AvgIpc) is 2.27. The Morgan fingerprint density at radius 2 is 2.31 bits per heavy atom. The van der Waals surface area contributed by atoms with Crippen molar-refractivity contribution in [2.24, 2.45) is 5.92 Å². The third-order valence-corrected chi connectivity index (χ3v) is 3.20. The SMILES string of the molecule is Cc1cccc(OCC2CCCN(C)C2)c1. The summed E-state index contributed by atoms with van der Waals surface area (Å²) >= 11 is 0. The lowest BCUT2D eigenvalue weighted by Crippen LogP contribution is -2.34. The van der Waals surface area contributed by atoms with Gasteiger partial charge in [0, 0.05) is 12.5 Å². The van der Waals surface area contributed by atoms with E-state index in [1.807, 2.05) is 6.07 Å². The molecule has 88 valence electrons. The minimum Gasteiger partial charge on any atom is -0.493 e. The van der Waals surface area contributed by atoms with Crippen LogP contribution in [0.15, 0.2) is 24.3 Å². The fraction of sp³-hybridized carbons (Fsp3) is 0.571. The van der Waals surface area contributed by atoms with Gasteiger partial charge >= 0.3 is 0 Å². The minimum absolute atomic E-state index is 0.694. The molecule has 0 radical (unpaired) electrons. The summed E-state index contributed by atoms with van der Waals surface area (Å²) in [5, 5.41) is 0. The van der Waals surface area contributed by atoms with Crippen LogP contribution in [0.5, 0.6) is 5.75 Å². The second-order valence-corrected chi connectivity index (χ2v) is 4.90. The first kappa shape index (κ1) is 11.5. The van der Waals surface area contributed by atoms with E-state index in [0.29, 0.717) is 5.92 Å². The zero-order chi connectivity index (χ0) is 11.4. The van der Waals surface area contributed by atoms with Crippen molar-refractivity contribution in [2.75, 3.05) is 26.7 Å². The van der Waals surface area contributed by atoms with Gasteiger partial charge in [-0.3, -0.25) is 0 Å². The summed E-state index contributed by atoms with van der Waals surface area (Å²) in [6, 6.07) is 8.30. The summed E-state index contributed by atoms with van der Waals surface area (Å²) in [7, 11) is 2.19. The molecular weight excluding hydrogens is 198 g/mol. The van der Waals surface area contributed by atoms with Crippen molar-refractivity contribution < 1.29 is 4.74 Å². The minimum atomic E-state index is 0.694. The molecule has 1 unspecified atom stereocenters. The first-order valence-electron chi connectivity index (χ1n) is 6.12. The fourth-order valence-corrected chi connectivity index (χ4v) is 2.33. The van der Waals surface area contributed by atoms with Crippen molar-refractivity contribution in [1.82, 2.24) is 4.90 Å². The summed E-state index contributed by atoms with van der Waals surface area (Å²) < 4.78 is 5.85. The number of aryl methyl sites for hydroxylation is 1.